The highest BCUT2D eigenvalue weighted by atomic mass is 16.2. The Labute approximate surface area is 129 Å². The third kappa shape index (κ3) is 2.48. The van der Waals surface area contributed by atoms with Crippen molar-refractivity contribution in [1.29, 1.82) is 0 Å². The third-order valence-electron chi connectivity index (χ3n) is 3.92. The van der Waals surface area contributed by atoms with Crippen molar-refractivity contribution in [2.24, 2.45) is 0 Å². The van der Waals surface area contributed by atoms with Crippen molar-refractivity contribution in [3.05, 3.63) is 54.4 Å². The lowest BCUT2D eigenvalue weighted by molar-refractivity contribution is 0.0773. The maximum absolute atomic E-state index is 12.7. The molecule has 3 rings (SSSR count). The molecule has 0 saturated heterocycles. The summed E-state index contributed by atoms with van der Waals surface area (Å²) in [7, 11) is 0. The van der Waals surface area contributed by atoms with E-state index >= 15 is 0 Å². The molecule has 0 aliphatic heterocycles. The van der Waals surface area contributed by atoms with Gasteiger partial charge in [0.15, 0.2) is 0 Å². The number of hydrogen-bond donors (Lipinski definition) is 1. The number of H-pyrrole nitrogens is 1. The first kappa shape index (κ1) is 14.3. The van der Waals surface area contributed by atoms with E-state index in [1.54, 1.807) is 18.5 Å². The Hall–Kier alpha value is -2.62. The van der Waals surface area contributed by atoms with E-state index in [0.29, 0.717) is 18.7 Å². The van der Waals surface area contributed by atoms with Crippen molar-refractivity contribution < 1.29 is 4.79 Å². The molecular weight excluding hydrogens is 274 g/mol. The van der Waals surface area contributed by atoms with Crippen LogP contribution in [0.3, 0.4) is 0 Å². The Balaban J connectivity index is 2.09. The molecule has 112 valence electrons. The molecule has 3 aromatic rings. The summed E-state index contributed by atoms with van der Waals surface area (Å²) >= 11 is 0. The third-order valence-corrected chi connectivity index (χ3v) is 3.92. The van der Waals surface area contributed by atoms with Crippen LogP contribution >= 0.6 is 0 Å². The molecule has 1 N–H and O–H groups in total. The van der Waals surface area contributed by atoms with Crippen LogP contribution in [0.25, 0.3) is 22.2 Å². The average Bonchev–Trinajstić information content (AvgIpc) is 2.99. The number of para-hydroxylation sites is 1. The molecule has 0 spiro atoms. The minimum Gasteiger partial charge on any atom is -0.354 e. The zero-order valence-electron chi connectivity index (χ0n) is 12.8. The largest absolute Gasteiger partial charge is 0.354 e. The van der Waals surface area contributed by atoms with Crippen LogP contribution in [0, 0.1) is 0 Å². The minimum absolute atomic E-state index is 0.0426. The highest BCUT2D eigenvalue weighted by Gasteiger charge is 2.18. The molecule has 0 aliphatic rings. The van der Waals surface area contributed by atoms with E-state index in [1.165, 1.54) is 0 Å². The molecule has 22 heavy (non-hydrogen) atoms. The molecule has 0 aliphatic carbocycles. The summed E-state index contributed by atoms with van der Waals surface area (Å²) in [6.07, 6.45) is 3.42. The van der Waals surface area contributed by atoms with Gasteiger partial charge in [0.1, 0.15) is 0 Å². The van der Waals surface area contributed by atoms with Gasteiger partial charge in [-0.3, -0.25) is 9.78 Å². The number of aromatic amines is 1. The van der Waals surface area contributed by atoms with Crippen LogP contribution in [0.5, 0.6) is 0 Å². The number of benzene rings is 1. The molecule has 2 aromatic heterocycles. The van der Waals surface area contributed by atoms with Crippen LogP contribution < -0.4 is 0 Å². The fraction of sp³-hybridized carbons (Fsp3) is 0.222. The zero-order chi connectivity index (χ0) is 15.5. The number of amides is 1. The molecule has 0 radical (unpaired) electrons. The number of carbonyl (C=O) groups excluding carboxylic acids is 1. The highest BCUT2D eigenvalue weighted by molar-refractivity contribution is 6.01. The highest BCUT2D eigenvalue weighted by Crippen LogP contribution is 2.27. The lowest BCUT2D eigenvalue weighted by atomic mass is 10.1. The van der Waals surface area contributed by atoms with Crippen molar-refractivity contribution >= 4 is 16.8 Å². The van der Waals surface area contributed by atoms with Gasteiger partial charge in [-0.2, -0.15) is 0 Å². The minimum atomic E-state index is 0.0426. The smallest absolute Gasteiger partial charge is 0.254 e. The maximum Gasteiger partial charge on any atom is 0.254 e. The van der Waals surface area contributed by atoms with Crippen molar-refractivity contribution in [3.8, 4) is 11.3 Å². The number of hydrogen-bond acceptors (Lipinski definition) is 2. The van der Waals surface area contributed by atoms with Crippen LogP contribution in [0.1, 0.15) is 24.2 Å². The molecule has 1 aromatic carbocycles. The number of aromatic nitrogens is 2. The fourth-order valence-electron chi connectivity index (χ4n) is 2.70. The van der Waals surface area contributed by atoms with Gasteiger partial charge in [-0.1, -0.05) is 18.2 Å². The number of nitrogens with zero attached hydrogens (tertiary/aromatic N) is 2. The number of rotatable bonds is 4. The van der Waals surface area contributed by atoms with Gasteiger partial charge in [0.2, 0.25) is 0 Å². The summed E-state index contributed by atoms with van der Waals surface area (Å²) in [6, 6.07) is 11.9. The number of pyridine rings is 1. The quantitative estimate of drug-likeness (QED) is 0.797. The van der Waals surface area contributed by atoms with Crippen LogP contribution in [0.15, 0.2) is 48.8 Å². The molecule has 0 saturated carbocycles. The molecule has 4 heteroatoms. The second-order valence-corrected chi connectivity index (χ2v) is 5.17. The normalized spacial score (nSPS) is 10.8. The van der Waals surface area contributed by atoms with Crippen LogP contribution in [-0.2, 0) is 0 Å². The standard InChI is InChI=1S/C18H19N3O/c1-3-21(4-2)18(22)14-9-10-19-12-15(14)17-11-13-7-5-6-8-16(13)20-17/h5-12,20H,3-4H2,1-2H3. The first-order valence-corrected chi connectivity index (χ1v) is 7.56. The summed E-state index contributed by atoms with van der Waals surface area (Å²) in [6.45, 7) is 5.38. The van der Waals surface area contributed by atoms with Crippen molar-refractivity contribution in [3.63, 3.8) is 0 Å². The van der Waals surface area contributed by atoms with Gasteiger partial charge < -0.3 is 9.88 Å². The van der Waals surface area contributed by atoms with Gasteiger partial charge in [-0.25, -0.2) is 0 Å². The van der Waals surface area contributed by atoms with Crippen LogP contribution in [-0.4, -0.2) is 33.9 Å². The summed E-state index contributed by atoms with van der Waals surface area (Å²) in [5.74, 6) is 0.0426. The summed E-state index contributed by atoms with van der Waals surface area (Å²) in [5.41, 5.74) is 3.51. The van der Waals surface area contributed by atoms with Gasteiger partial charge in [0, 0.05) is 47.6 Å². The van der Waals surface area contributed by atoms with E-state index in [2.05, 4.69) is 22.1 Å². The zero-order valence-corrected chi connectivity index (χ0v) is 12.8. The Bertz CT molecular complexity index is 770. The lowest BCUT2D eigenvalue weighted by Crippen LogP contribution is -2.30. The maximum atomic E-state index is 12.7. The molecule has 0 unspecified atom stereocenters. The van der Waals surface area contributed by atoms with E-state index in [0.717, 1.165) is 22.2 Å². The summed E-state index contributed by atoms with van der Waals surface area (Å²) in [4.78, 5) is 22.1. The van der Waals surface area contributed by atoms with Gasteiger partial charge >= 0.3 is 0 Å². The predicted octanol–water partition coefficient (Wildman–Crippen LogP) is 3.71. The molecule has 0 bridgehead atoms. The fourth-order valence-corrected chi connectivity index (χ4v) is 2.70. The van der Waals surface area contributed by atoms with Gasteiger partial charge in [0.05, 0.1) is 5.56 Å². The Morgan fingerprint density at radius 2 is 1.95 bits per heavy atom. The molecule has 2 heterocycles. The van der Waals surface area contributed by atoms with Crippen molar-refractivity contribution in [2.75, 3.05) is 13.1 Å². The average molecular weight is 293 g/mol. The monoisotopic (exact) mass is 293 g/mol. The van der Waals surface area contributed by atoms with E-state index in [4.69, 9.17) is 0 Å². The van der Waals surface area contributed by atoms with E-state index in [-0.39, 0.29) is 5.91 Å². The van der Waals surface area contributed by atoms with Gasteiger partial charge in [-0.15, -0.1) is 0 Å². The summed E-state index contributed by atoms with van der Waals surface area (Å²) in [5, 5.41) is 1.13. The molecule has 4 nitrogen and oxygen atoms in total. The number of fused-ring (bicyclic) bond motifs is 1. The second kappa shape index (κ2) is 6.02. The van der Waals surface area contributed by atoms with Gasteiger partial charge in [-0.05, 0) is 32.0 Å². The number of nitrogens with one attached hydrogen (secondary N) is 1. The Kier molecular flexibility index (Phi) is 3.92. The topological polar surface area (TPSA) is 49.0 Å². The molecule has 0 atom stereocenters. The van der Waals surface area contributed by atoms with Crippen molar-refractivity contribution in [2.45, 2.75) is 13.8 Å². The Morgan fingerprint density at radius 3 is 2.68 bits per heavy atom. The first-order valence-electron chi connectivity index (χ1n) is 7.56. The van der Waals surface area contributed by atoms with Crippen molar-refractivity contribution in [1.82, 2.24) is 14.9 Å². The van der Waals surface area contributed by atoms with E-state index in [1.807, 2.05) is 36.9 Å². The molecule has 0 fully saturated rings. The van der Waals surface area contributed by atoms with E-state index in [9.17, 15) is 4.79 Å². The lowest BCUT2D eigenvalue weighted by Gasteiger charge is -2.19. The first-order chi connectivity index (χ1) is 10.7. The predicted molar refractivity (Wildman–Crippen MR) is 88.8 cm³/mol. The summed E-state index contributed by atoms with van der Waals surface area (Å²) < 4.78 is 0. The Morgan fingerprint density at radius 1 is 1.18 bits per heavy atom. The van der Waals surface area contributed by atoms with Gasteiger partial charge in [0.25, 0.3) is 5.91 Å². The SMILES string of the molecule is CCN(CC)C(=O)c1ccncc1-c1cc2ccccc2[nH]1. The van der Waals surface area contributed by atoms with E-state index < -0.39 is 0 Å². The number of carbonyl (C=O) groups is 1. The van der Waals surface area contributed by atoms with Crippen LogP contribution in [0.4, 0.5) is 0 Å². The second-order valence-electron chi connectivity index (χ2n) is 5.17. The van der Waals surface area contributed by atoms with Crippen LogP contribution in [0.2, 0.25) is 0 Å². The molecular formula is C18H19N3O. The molecule has 1 amide bonds.